The van der Waals surface area contributed by atoms with Crippen LogP contribution in [-0.4, -0.2) is 68.5 Å². The zero-order valence-corrected chi connectivity index (χ0v) is 47.4. The minimum absolute atomic E-state index is 0.00230. The van der Waals surface area contributed by atoms with E-state index in [9.17, 15) is 19.4 Å². The molecule has 0 aliphatic rings. The molecule has 0 aromatic rings. The highest BCUT2D eigenvalue weighted by Gasteiger charge is 2.23. The molecule has 0 bridgehead atoms. The Morgan fingerprint density at radius 3 is 1.27 bits per heavy atom. The molecule has 1 amide bonds. The van der Waals surface area contributed by atoms with Crippen LogP contribution >= 0.6 is 7.82 Å². The van der Waals surface area contributed by atoms with Crippen molar-refractivity contribution in [1.82, 2.24) is 5.32 Å². The van der Waals surface area contributed by atoms with Crippen molar-refractivity contribution in [2.45, 2.75) is 270 Å². The van der Waals surface area contributed by atoms with E-state index in [1.807, 2.05) is 27.2 Å². The molecule has 0 heterocycles. The fourth-order valence-electron chi connectivity index (χ4n) is 8.36. The Balaban J connectivity index is 4.13. The Morgan fingerprint density at radius 1 is 0.514 bits per heavy atom. The lowest BCUT2D eigenvalue weighted by atomic mass is 10.0. The van der Waals surface area contributed by atoms with E-state index in [-0.39, 0.29) is 19.1 Å². The fraction of sp³-hybridized carbons (Fsp3) is 0.787. The highest BCUT2D eigenvalue weighted by Crippen LogP contribution is 2.38. The van der Waals surface area contributed by atoms with Gasteiger partial charge in [0.05, 0.1) is 39.9 Å². The number of nitrogens with one attached hydrogen (secondary N) is 1. The molecule has 9 heteroatoms. The van der Waals surface area contributed by atoms with Crippen LogP contribution in [0.2, 0.25) is 0 Å². The first-order chi connectivity index (χ1) is 34.0. The number of allylic oxidation sites excluding steroid dienone is 11. The number of carbonyl (C=O) groups excluding carboxylic acids is 1. The van der Waals surface area contributed by atoms with Gasteiger partial charge in [0.25, 0.3) is 7.82 Å². The molecule has 0 rings (SSSR count). The monoisotopic (exact) mass is 1000 g/mol. The van der Waals surface area contributed by atoms with Crippen molar-refractivity contribution >= 4 is 13.7 Å². The molecular formula is C61H113N2O6P. The van der Waals surface area contributed by atoms with Gasteiger partial charge in [-0.25, -0.2) is 0 Å². The smallest absolute Gasteiger partial charge is 0.268 e. The van der Waals surface area contributed by atoms with Gasteiger partial charge >= 0.3 is 0 Å². The number of hydrogen-bond acceptors (Lipinski definition) is 6. The Bertz CT molecular complexity index is 1370. The van der Waals surface area contributed by atoms with Gasteiger partial charge in [0.15, 0.2) is 0 Å². The summed E-state index contributed by atoms with van der Waals surface area (Å²) in [6.07, 6.45) is 71.2. The van der Waals surface area contributed by atoms with Crippen molar-refractivity contribution < 1.29 is 32.9 Å². The van der Waals surface area contributed by atoms with E-state index in [0.29, 0.717) is 17.4 Å². The number of likely N-dealkylation sites (N-methyl/N-ethyl adjacent to an activating group) is 1. The first-order valence-corrected chi connectivity index (χ1v) is 30.8. The van der Waals surface area contributed by atoms with E-state index in [1.54, 1.807) is 6.08 Å². The Morgan fingerprint density at radius 2 is 0.871 bits per heavy atom. The van der Waals surface area contributed by atoms with Crippen LogP contribution in [0.25, 0.3) is 0 Å². The zero-order valence-electron chi connectivity index (χ0n) is 46.5. The summed E-state index contributed by atoms with van der Waals surface area (Å²) in [6.45, 7) is 4.55. The number of carbonyl (C=O) groups is 1. The summed E-state index contributed by atoms with van der Waals surface area (Å²) in [5.74, 6) is -0.198. The number of aliphatic hydroxyl groups is 1. The highest BCUT2D eigenvalue weighted by molar-refractivity contribution is 7.45. The average molecular weight is 1000 g/mol. The number of unbranched alkanes of at least 4 members (excludes halogenated alkanes) is 30. The Kier molecular flexibility index (Phi) is 50.3. The van der Waals surface area contributed by atoms with Crippen LogP contribution in [0.5, 0.6) is 0 Å². The molecule has 0 saturated heterocycles. The van der Waals surface area contributed by atoms with Gasteiger partial charge in [0.1, 0.15) is 13.2 Å². The van der Waals surface area contributed by atoms with E-state index in [2.05, 4.69) is 79.9 Å². The van der Waals surface area contributed by atoms with E-state index in [0.717, 1.165) is 70.6 Å². The van der Waals surface area contributed by atoms with Gasteiger partial charge in [-0.15, -0.1) is 0 Å². The average Bonchev–Trinajstić information content (AvgIpc) is 3.32. The van der Waals surface area contributed by atoms with Crippen molar-refractivity contribution in [3.8, 4) is 0 Å². The molecule has 3 unspecified atom stereocenters. The molecule has 408 valence electrons. The van der Waals surface area contributed by atoms with Crippen LogP contribution in [-0.2, 0) is 18.4 Å². The molecular weight excluding hydrogens is 888 g/mol. The van der Waals surface area contributed by atoms with Gasteiger partial charge in [-0.2, -0.15) is 0 Å². The number of phosphoric acid groups is 1. The third-order valence-corrected chi connectivity index (χ3v) is 13.9. The van der Waals surface area contributed by atoms with Crippen molar-refractivity contribution in [3.63, 3.8) is 0 Å². The quantitative estimate of drug-likeness (QED) is 0.0272. The fourth-order valence-corrected chi connectivity index (χ4v) is 9.08. The van der Waals surface area contributed by atoms with Crippen LogP contribution < -0.4 is 10.2 Å². The molecule has 0 spiro atoms. The van der Waals surface area contributed by atoms with E-state index < -0.39 is 20.0 Å². The summed E-state index contributed by atoms with van der Waals surface area (Å²) >= 11 is 0. The number of phosphoric ester groups is 1. The number of hydrogen-bond donors (Lipinski definition) is 2. The van der Waals surface area contributed by atoms with Crippen LogP contribution in [0.3, 0.4) is 0 Å². The largest absolute Gasteiger partial charge is 0.756 e. The Labute approximate surface area is 434 Å². The van der Waals surface area contributed by atoms with Gasteiger partial charge in [-0.05, 0) is 64.2 Å². The van der Waals surface area contributed by atoms with Crippen molar-refractivity contribution in [1.29, 1.82) is 0 Å². The zero-order chi connectivity index (χ0) is 51.3. The normalized spacial score (nSPS) is 14.4. The number of nitrogens with zero attached hydrogens (tertiary/aromatic N) is 1. The molecule has 0 aliphatic heterocycles. The first kappa shape index (κ1) is 67.9. The standard InChI is InChI=1S/C61H113N2O6P/c1-6-8-10-12-14-16-18-20-22-24-25-26-27-28-29-30-31-32-33-34-35-36-37-39-41-43-45-47-49-51-53-55-61(65)62-59(58-69-70(66,67)68-57-56-63(3,4)5)60(64)54-52-50-48-46-44-42-40-38-23-21-19-17-15-13-11-9-7-2/h8,10,14,16,20,22,25-26,28-29,52,54,59-60,64H,6-7,9,11-13,15,17-19,21,23-24,27,30-51,53,55-58H2,1-5H3,(H-,62,65,66,67)/b10-8-,16-14-,22-20-,26-25-,29-28-,54-52+. The van der Waals surface area contributed by atoms with E-state index in [1.165, 1.54) is 167 Å². The van der Waals surface area contributed by atoms with Gasteiger partial charge < -0.3 is 28.8 Å². The van der Waals surface area contributed by atoms with E-state index in [4.69, 9.17) is 9.05 Å². The molecule has 0 fully saturated rings. The molecule has 3 atom stereocenters. The summed E-state index contributed by atoms with van der Waals surface area (Å²) in [5, 5.41) is 13.9. The molecule has 2 N–H and O–H groups in total. The second kappa shape index (κ2) is 51.8. The number of rotatable bonds is 53. The van der Waals surface area contributed by atoms with Crippen molar-refractivity contribution in [2.75, 3.05) is 40.9 Å². The number of aliphatic hydroxyl groups excluding tert-OH is 1. The molecule has 8 nitrogen and oxygen atoms in total. The summed E-state index contributed by atoms with van der Waals surface area (Å²) in [7, 11) is 1.26. The van der Waals surface area contributed by atoms with Crippen LogP contribution in [0, 0.1) is 0 Å². The van der Waals surface area contributed by atoms with Gasteiger partial charge in [0, 0.05) is 6.42 Å². The van der Waals surface area contributed by atoms with E-state index >= 15 is 0 Å². The minimum atomic E-state index is -4.60. The summed E-state index contributed by atoms with van der Waals surface area (Å²) in [4.78, 5) is 25.5. The number of quaternary nitrogens is 1. The third-order valence-electron chi connectivity index (χ3n) is 12.9. The maximum atomic E-state index is 13.0. The summed E-state index contributed by atoms with van der Waals surface area (Å²) in [5.41, 5.74) is 0. The SMILES string of the molecule is CC/C=C\C/C=C\C/C=C\C/C=C\C/C=C\CCCCCCCCCCCCCCCCCC(=O)NC(COP(=O)([O-])OCC[N+](C)(C)C)C(O)/C=C/CCCCCCCCCCCCCCCCC. The van der Waals surface area contributed by atoms with Crippen LogP contribution in [0.4, 0.5) is 0 Å². The molecule has 0 aliphatic carbocycles. The maximum absolute atomic E-state index is 13.0. The van der Waals surface area contributed by atoms with Crippen molar-refractivity contribution in [2.24, 2.45) is 0 Å². The highest BCUT2D eigenvalue weighted by atomic mass is 31.2. The number of amides is 1. The second-order valence-corrected chi connectivity index (χ2v) is 22.4. The molecule has 0 aromatic carbocycles. The molecule has 0 aromatic heterocycles. The van der Waals surface area contributed by atoms with Crippen LogP contribution in [0.15, 0.2) is 72.9 Å². The van der Waals surface area contributed by atoms with Gasteiger partial charge in [-0.1, -0.05) is 260 Å². The third kappa shape index (κ3) is 53.7. The Hall–Kier alpha value is -2.06. The summed E-state index contributed by atoms with van der Waals surface area (Å²) in [6, 6.07) is -0.889. The maximum Gasteiger partial charge on any atom is 0.268 e. The van der Waals surface area contributed by atoms with Crippen LogP contribution in [0.1, 0.15) is 258 Å². The lowest BCUT2D eigenvalue weighted by Crippen LogP contribution is -2.45. The predicted molar refractivity (Wildman–Crippen MR) is 302 cm³/mol. The van der Waals surface area contributed by atoms with Gasteiger partial charge in [-0.3, -0.25) is 9.36 Å². The van der Waals surface area contributed by atoms with Crippen molar-refractivity contribution in [3.05, 3.63) is 72.9 Å². The topological polar surface area (TPSA) is 108 Å². The predicted octanol–water partition coefficient (Wildman–Crippen LogP) is 17.2. The minimum Gasteiger partial charge on any atom is -0.756 e. The lowest BCUT2D eigenvalue weighted by molar-refractivity contribution is -0.870. The second-order valence-electron chi connectivity index (χ2n) is 21.0. The molecule has 0 saturated carbocycles. The molecule has 70 heavy (non-hydrogen) atoms. The first-order valence-electron chi connectivity index (χ1n) is 29.3. The molecule has 0 radical (unpaired) electrons. The van der Waals surface area contributed by atoms with Gasteiger partial charge in [0.2, 0.25) is 5.91 Å². The summed E-state index contributed by atoms with van der Waals surface area (Å²) < 4.78 is 23.3. The lowest BCUT2D eigenvalue weighted by Gasteiger charge is -2.29.